The van der Waals surface area contributed by atoms with Crippen LogP contribution < -0.4 is 5.73 Å². The van der Waals surface area contributed by atoms with Gasteiger partial charge >= 0.3 is 5.97 Å². The molecule has 1 aliphatic heterocycles. The highest BCUT2D eigenvalue weighted by Gasteiger charge is 2.29. The molecule has 0 spiro atoms. The Hall–Kier alpha value is -0.670. The number of carbonyl (C=O) groups is 1. The number of ether oxygens (including phenoxy) is 1. The molecule has 2 N–H and O–H groups in total. The Morgan fingerprint density at radius 1 is 1.35 bits per heavy atom. The maximum Gasteiger partial charge on any atom is 0.338 e. The topological polar surface area (TPSA) is 89.7 Å². The zero-order chi connectivity index (χ0) is 16.3. The number of halogens is 2. The third-order valence-corrected chi connectivity index (χ3v) is 5.85. The molecule has 6 nitrogen and oxygen atoms in total. The Morgan fingerprint density at radius 3 is 2.52 bits per heavy atom. The van der Waals surface area contributed by atoms with E-state index in [1.807, 2.05) is 0 Å². The van der Waals surface area contributed by atoms with E-state index in [0.717, 1.165) is 0 Å². The molecule has 0 saturated carbocycles. The summed E-state index contributed by atoms with van der Waals surface area (Å²) in [5.74, 6) is -0.541. The van der Waals surface area contributed by atoms with E-state index in [9.17, 15) is 13.2 Å². The summed E-state index contributed by atoms with van der Waals surface area (Å²) in [6.45, 7) is 2.72. The van der Waals surface area contributed by atoms with Gasteiger partial charge in [-0.15, -0.1) is 12.4 Å². The summed E-state index contributed by atoms with van der Waals surface area (Å²) in [7, 11) is -3.64. The second-order valence-corrected chi connectivity index (χ2v) is 7.99. The second kappa shape index (κ2) is 8.43. The van der Waals surface area contributed by atoms with Crippen LogP contribution >= 0.6 is 28.3 Å². The molecule has 0 bridgehead atoms. The van der Waals surface area contributed by atoms with Crippen molar-refractivity contribution in [2.75, 3.05) is 19.7 Å². The number of nitrogens with zero attached hydrogens (tertiary/aromatic N) is 1. The van der Waals surface area contributed by atoms with Gasteiger partial charge in [-0.1, -0.05) is 15.9 Å². The molecule has 1 aromatic carbocycles. The second-order valence-electron chi connectivity index (χ2n) is 5.14. The van der Waals surface area contributed by atoms with E-state index in [-0.39, 0.29) is 35.5 Å². The molecule has 9 heteroatoms. The number of hydrogen-bond acceptors (Lipinski definition) is 5. The smallest absolute Gasteiger partial charge is 0.338 e. The van der Waals surface area contributed by atoms with Gasteiger partial charge in [-0.2, -0.15) is 4.31 Å². The lowest BCUT2D eigenvalue weighted by Gasteiger charge is -2.29. The lowest BCUT2D eigenvalue weighted by Crippen LogP contribution is -2.42. The molecule has 0 atom stereocenters. The molecule has 1 aromatic rings. The first-order chi connectivity index (χ1) is 10.3. The highest BCUT2D eigenvalue weighted by molar-refractivity contribution is 9.10. The lowest BCUT2D eigenvalue weighted by atomic mass is 10.1. The largest absolute Gasteiger partial charge is 0.462 e. The SMILES string of the molecule is CCOC(=O)c1cc(Br)cc(S(=O)(=O)N2CCC(N)CC2)c1.Cl. The average molecular weight is 428 g/mol. The number of esters is 1. The molecule has 1 aliphatic rings. The molecule has 130 valence electrons. The van der Waals surface area contributed by atoms with E-state index in [1.54, 1.807) is 13.0 Å². The van der Waals surface area contributed by atoms with Crippen molar-refractivity contribution in [1.82, 2.24) is 4.31 Å². The maximum absolute atomic E-state index is 12.7. The lowest BCUT2D eigenvalue weighted by molar-refractivity contribution is 0.0526. The summed E-state index contributed by atoms with van der Waals surface area (Å²) in [6.07, 6.45) is 1.27. The molecule has 2 rings (SSSR count). The van der Waals surface area contributed by atoms with Crippen molar-refractivity contribution < 1.29 is 17.9 Å². The third-order valence-electron chi connectivity index (χ3n) is 3.52. The maximum atomic E-state index is 12.7. The van der Waals surface area contributed by atoms with Crippen LogP contribution in [-0.4, -0.2) is 44.4 Å². The van der Waals surface area contributed by atoms with Gasteiger partial charge in [0.25, 0.3) is 0 Å². The Bertz CT molecular complexity index is 661. The van der Waals surface area contributed by atoms with Crippen molar-refractivity contribution in [1.29, 1.82) is 0 Å². The normalized spacial score (nSPS) is 16.7. The van der Waals surface area contributed by atoms with Crippen molar-refractivity contribution in [3.8, 4) is 0 Å². The summed E-state index contributed by atoms with van der Waals surface area (Å²) in [4.78, 5) is 11.9. The average Bonchev–Trinajstić information content (AvgIpc) is 2.47. The third kappa shape index (κ3) is 4.90. The summed E-state index contributed by atoms with van der Waals surface area (Å²) in [5.41, 5.74) is 6.02. The Morgan fingerprint density at radius 2 is 1.96 bits per heavy atom. The van der Waals surface area contributed by atoms with Gasteiger partial charge in [-0.3, -0.25) is 0 Å². The minimum absolute atomic E-state index is 0. The Labute approximate surface area is 151 Å². The summed E-state index contributed by atoms with van der Waals surface area (Å²) in [5, 5.41) is 0. The predicted octanol–water partition coefficient (Wildman–Crippen LogP) is 2.16. The molecule has 0 unspecified atom stereocenters. The van der Waals surface area contributed by atoms with Crippen molar-refractivity contribution in [3.05, 3.63) is 28.2 Å². The van der Waals surface area contributed by atoms with Crippen molar-refractivity contribution >= 4 is 44.3 Å². The first-order valence-corrected chi connectivity index (χ1v) is 9.31. The van der Waals surface area contributed by atoms with Crippen LogP contribution in [0, 0.1) is 0 Å². The molecule has 0 aromatic heterocycles. The standard InChI is InChI=1S/C14H19BrN2O4S.ClH/c1-2-21-14(18)10-7-11(15)9-13(8-10)22(19,20)17-5-3-12(16)4-6-17;/h7-9,12H,2-6,16H2,1H3;1H. The quantitative estimate of drug-likeness (QED) is 0.744. The van der Waals surface area contributed by atoms with Gasteiger partial charge in [-0.05, 0) is 38.0 Å². The fraction of sp³-hybridized carbons (Fsp3) is 0.500. The number of rotatable bonds is 4. The molecule has 1 fully saturated rings. The zero-order valence-electron chi connectivity index (χ0n) is 12.7. The van der Waals surface area contributed by atoms with Gasteiger partial charge in [0.1, 0.15) is 0 Å². The molecule has 0 aliphatic carbocycles. The summed E-state index contributed by atoms with van der Waals surface area (Å²) >= 11 is 3.25. The van der Waals surface area contributed by atoms with Crippen LogP contribution in [0.25, 0.3) is 0 Å². The van der Waals surface area contributed by atoms with Crippen molar-refractivity contribution in [2.24, 2.45) is 5.73 Å². The van der Waals surface area contributed by atoms with Gasteiger partial charge in [-0.25, -0.2) is 13.2 Å². The number of piperidine rings is 1. The number of carbonyl (C=O) groups excluding carboxylic acids is 1. The van der Waals surface area contributed by atoms with Crippen LogP contribution in [0.5, 0.6) is 0 Å². The fourth-order valence-corrected chi connectivity index (χ4v) is 4.50. The van der Waals surface area contributed by atoms with Crippen LogP contribution in [0.2, 0.25) is 0 Å². The van der Waals surface area contributed by atoms with Crippen LogP contribution in [0.15, 0.2) is 27.6 Å². The van der Waals surface area contributed by atoms with E-state index >= 15 is 0 Å². The molecular formula is C14H20BrClN2O4S. The van der Waals surface area contributed by atoms with E-state index in [1.165, 1.54) is 16.4 Å². The predicted molar refractivity (Wildman–Crippen MR) is 93.3 cm³/mol. The first-order valence-electron chi connectivity index (χ1n) is 7.08. The molecule has 0 amide bonds. The zero-order valence-corrected chi connectivity index (χ0v) is 15.9. The number of hydrogen-bond donors (Lipinski definition) is 1. The van der Waals surface area contributed by atoms with Gasteiger partial charge in [0, 0.05) is 23.6 Å². The van der Waals surface area contributed by atoms with Gasteiger partial charge < -0.3 is 10.5 Å². The van der Waals surface area contributed by atoms with Gasteiger partial charge in [0.2, 0.25) is 10.0 Å². The fourth-order valence-electron chi connectivity index (χ4n) is 2.31. The Balaban J connectivity index is 0.00000264. The van der Waals surface area contributed by atoms with Gasteiger partial charge in [0.15, 0.2) is 0 Å². The number of sulfonamides is 1. The monoisotopic (exact) mass is 426 g/mol. The minimum atomic E-state index is -3.64. The van der Waals surface area contributed by atoms with E-state index in [4.69, 9.17) is 10.5 Å². The Kier molecular flexibility index (Phi) is 7.47. The minimum Gasteiger partial charge on any atom is -0.462 e. The molecular weight excluding hydrogens is 408 g/mol. The molecule has 0 radical (unpaired) electrons. The molecule has 1 heterocycles. The summed E-state index contributed by atoms with van der Waals surface area (Å²) in [6, 6.07) is 4.44. The van der Waals surface area contributed by atoms with Gasteiger partial charge in [0.05, 0.1) is 17.1 Å². The van der Waals surface area contributed by atoms with E-state index < -0.39 is 16.0 Å². The van der Waals surface area contributed by atoms with Crippen LogP contribution in [0.1, 0.15) is 30.1 Å². The highest BCUT2D eigenvalue weighted by Crippen LogP contribution is 2.25. The first kappa shape index (κ1) is 20.4. The van der Waals surface area contributed by atoms with Crippen molar-refractivity contribution in [3.63, 3.8) is 0 Å². The number of nitrogens with two attached hydrogens (primary N) is 1. The highest BCUT2D eigenvalue weighted by atomic mass is 79.9. The van der Waals surface area contributed by atoms with Crippen molar-refractivity contribution in [2.45, 2.75) is 30.7 Å². The van der Waals surface area contributed by atoms with Crippen LogP contribution in [0.3, 0.4) is 0 Å². The van der Waals surface area contributed by atoms with Crippen LogP contribution in [-0.2, 0) is 14.8 Å². The summed E-state index contributed by atoms with van der Waals surface area (Å²) < 4.78 is 32.2. The van der Waals surface area contributed by atoms with Crippen LogP contribution in [0.4, 0.5) is 0 Å². The molecule has 1 saturated heterocycles. The molecule has 23 heavy (non-hydrogen) atoms. The van der Waals surface area contributed by atoms with E-state index in [2.05, 4.69) is 15.9 Å². The number of benzene rings is 1. The van der Waals surface area contributed by atoms with E-state index in [0.29, 0.717) is 30.4 Å².